The van der Waals surface area contributed by atoms with Crippen LogP contribution in [-0.2, 0) is 10.8 Å². The molecule has 1 saturated carbocycles. The van der Waals surface area contributed by atoms with Gasteiger partial charge in [-0.3, -0.25) is 5.01 Å². The maximum absolute atomic E-state index is 14.7. The molecule has 1 heterocycles. The van der Waals surface area contributed by atoms with Crippen molar-refractivity contribution in [2.45, 2.75) is 50.7 Å². The largest absolute Gasteiger partial charge is 0.427 e. The molecule has 144 valence electrons. The highest BCUT2D eigenvalue weighted by molar-refractivity contribution is 5.20. The van der Waals surface area contributed by atoms with Crippen molar-refractivity contribution >= 4 is 0 Å². The molecule has 1 atom stereocenters. The molecule has 26 heavy (non-hydrogen) atoms. The highest BCUT2D eigenvalue weighted by atomic mass is 19.3. The van der Waals surface area contributed by atoms with Gasteiger partial charge >= 0.3 is 6.11 Å². The van der Waals surface area contributed by atoms with Crippen LogP contribution in [0, 0.1) is 5.92 Å². The third kappa shape index (κ3) is 4.54. The van der Waals surface area contributed by atoms with E-state index in [1.807, 2.05) is 14.0 Å². The highest BCUT2D eigenvalue weighted by Gasteiger charge is 2.41. The van der Waals surface area contributed by atoms with Gasteiger partial charge in [-0.25, -0.2) is 5.43 Å². The lowest BCUT2D eigenvalue weighted by molar-refractivity contribution is -0.238. The molecule has 0 radical (unpaired) electrons. The molecule has 2 N–H and O–H groups in total. The van der Waals surface area contributed by atoms with E-state index in [1.54, 1.807) is 29.3 Å². The number of ether oxygens (including phenoxy) is 1. The van der Waals surface area contributed by atoms with Gasteiger partial charge in [0.2, 0.25) is 5.88 Å². The van der Waals surface area contributed by atoms with Crippen LogP contribution in [0.25, 0.3) is 0 Å². The molecule has 0 bridgehead atoms. The van der Waals surface area contributed by atoms with E-state index >= 15 is 0 Å². The van der Waals surface area contributed by atoms with Crippen molar-refractivity contribution in [2.24, 2.45) is 5.92 Å². The van der Waals surface area contributed by atoms with E-state index in [2.05, 4.69) is 10.7 Å². The first kappa shape index (κ1) is 19.1. The Hall–Kier alpha value is -1.66. The van der Waals surface area contributed by atoms with Crippen LogP contribution in [0.1, 0.15) is 44.6 Å². The number of likely N-dealkylation sites (N-methyl/N-ethyl adjacent to an activating group) is 1. The fraction of sp³-hybridized carbons (Fsp3) is 0.600. The molecule has 3 rings (SSSR count). The average Bonchev–Trinajstić information content (AvgIpc) is 2.91. The van der Waals surface area contributed by atoms with E-state index in [1.165, 1.54) is 31.4 Å². The van der Waals surface area contributed by atoms with Crippen molar-refractivity contribution in [1.29, 1.82) is 0 Å². The molecule has 0 spiro atoms. The Balaban J connectivity index is 1.77. The summed E-state index contributed by atoms with van der Waals surface area (Å²) in [5.74, 6) is 0.715. The molecule has 1 fully saturated rings. The van der Waals surface area contributed by atoms with Crippen LogP contribution in [0.4, 0.5) is 8.78 Å². The van der Waals surface area contributed by atoms with Gasteiger partial charge in [-0.1, -0.05) is 37.5 Å². The molecule has 2 aliphatic rings. The van der Waals surface area contributed by atoms with Crippen LogP contribution >= 0.6 is 0 Å². The first-order valence-electron chi connectivity index (χ1n) is 9.47. The second-order valence-corrected chi connectivity index (χ2v) is 7.64. The first-order valence-corrected chi connectivity index (χ1v) is 9.47. The van der Waals surface area contributed by atoms with Gasteiger partial charge in [0.05, 0.1) is 11.1 Å². The summed E-state index contributed by atoms with van der Waals surface area (Å²) in [6.45, 7) is 3.29. The Morgan fingerprint density at radius 1 is 1.23 bits per heavy atom. The predicted molar refractivity (Wildman–Crippen MR) is 98.3 cm³/mol. The van der Waals surface area contributed by atoms with Gasteiger partial charge in [-0.2, -0.15) is 8.78 Å². The summed E-state index contributed by atoms with van der Waals surface area (Å²) in [6, 6.07) is 7.69. The van der Waals surface area contributed by atoms with E-state index in [4.69, 9.17) is 4.74 Å². The van der Waals surface area contributed by atoms with Crippen molar-refractivity contribution in [2.75, 3.05) is 20.1 Å². The lowest BCUT2D eigenvalue weighted by Gasteiger charge is -2.33. The lowest BCUT2D eigenvalue weighted by Crippen LogP contribution is -2.51. The van der Waals surface area contributed by atoms with Crippen LogP contribution in [0.3, 0.4) is 0 Å². The number of hydrogen-bond donors (Lipinski definition) is 2. The summed E-state index contributed by atoms with van der Waals surface area (Å²) in [4.78, 5) is 0. The molecule has 1 aromatic carbocycles. The van der Waals surface area contributed by atoms with Crippen LogP contribution in [0.5, 0.6) is 0 Å². The second kappa shape index (κ2) is 7.92. The Bertz CT molecular complexity index is 617. The minimum atomic E-state index is -3.37. The van der Waals surface area contributed by atoms with Crippen molar-refractivity contribution in [3.05, 3.63) is 47.9 Å². The Kier molecular flexibility index (Phi) is 5.82. The number of hydrazine groups is 1. The van der Waals surface area contributed by atoms with Crippen LogP contribution < -0.4 is 10.7 Å². The number of halogens is 2. The van der Waals surface area contributed by atoms with Gasteiger partial charge in [0.15, 0.2) is 0 Å². The molecule has 0 amide bonds. The Morgan fingerprint density at radius 2 is 1.92 bits per heavy atom. The van der Waals surface area contributed by atoms with Crippen LogP contribution in [0.15, 0.2) is 42.3 Å². The molecule has 1 aromatic rings. The fourth-order valence-corrected chi connectivity index (χ4v) is 3.87. The average molecular weight is 365 g/mol. The molecule has 4 nitrogen and oxygen atoms in total. The zero-order chi connectivity index (χ0) is 18.6. The predicted octanol–water partition coefficient (Wildman–Crippen LogP) is 3.97. The van der Waals surface area contributed by atoms with E-state index in [0.717, 1.165) is 12.8 Å². The minimum absolute atomic E-state index is 0.138. The molecular formula is C20H29F2N3O. The normalized spacial score (nSPS) is 24.6. The maximum Gasteiger partial charge on any atom is 0.427 e. The summed E-state index contributed by atoms with van der Waals surface area (Å²) in [7, 11) is 1.85. The second-order valence-electron chi connectivity index (χ2n) is 7.64. The minimum Gasteiger partial charge on any atom is -0.412 e. The molecular weight excluding hydrogens is 336 g/mol. The first-order chi connectivity index (χ1) is 12.4. The van der Waals surface area contributed by atoms with Crippen molar-refractivity contribution < 1.29 is 13.5 Å². The topological polar surface area (TPSA) is 36.5 Å². The van der Waals surface area contributed by atoms with Crippen molar-refractivity contribution in [3.8, 4) is 0 Å². The zero-order valence-electron chi connectivity index (χ0n) is 15.6. The maximum atomic E-state index is 14.7. The lowest BCUT2D eigenvalue weighted by atomic mass is 9.89. The summed E-state index contributed by atoms with van der Waals surface area (Å²) in [5, 5.41) is 4.89. The summed E-state index contributed by atoms with van der Waals surface area (Å²) in [6.07, 6.45) is 4.38. The number of nitrogens with one attached hydrogen (secondary N) is 2. The van der Waals surface area contributed by atoms with Gasteiger partial charge in [-0.15, -0.1) is 0 Å². The number of alkyl halides is 2. The third-order valence-electron chi connectivity index (χ3n) is 5.15. The van der Waals surface area contributed by atoms with Crippen LogP contribution in [0.2, 0.25) is 0 Å². The number of hydrogen-bond acceptors (Lipinski definition) is 4. The molecule has 1 aliphatic heterocycles. The van der Waals surface area contributed by atoms with Crippen molar-refractivity contribution in [3.63, 3.8) is 0 Å². The number of benzene rings is 1. The Morgan fingerprint density at radius 3 is 2.58 bits per heavy atom. The molecule has 1 aliphatic carbocycles. The van der Waals surface area contributed by atoms with E-state index in [0.29, 0.717) is 19.0 Å². The van der Waals surface area contributed by atoms with Gasteiger partial charge in [-0.05, 0) is 44.9 Å². The standard InChI is InChI=1S/C20H29F2N3O/c1-19(15-23-2)13-18(25(24-19)14-16-9-5-3-6-10-16)26-20(21,22)17-11-7-4-8-12-17/h4,7-8,11-13,16,23-24H,3,5-6,9-10,14-15H2,1-2H3. The van der Waals surface area contributed by atoms with Gasteiger partial charge in [0.25, 0.3) is 0 Å². The molecule has 0 aromatic heterocycles. The zero-order valence-corrected chi connectivity index (χ0v) is 15.6. The van der Waals surface area contributed by atoms with E-state index in [-0.39, 0.29) is 11.4 Å². The number of rotatable bonds is 7. The van der Waals surface area contributed by atoms with E-state index < -0.39 is 11.6 Å². The quantitative estimate of drug-likeness (QED) is 0.767. The molecule has 6 heteroatoms. The smallest absolute Gasteiger partial charge is 0.412 e. The molecule has 1 unspecified atom stereocenters. The van der Waals surface area contributed by atoms with E-state index in [9.17, 15) is 8.78 Å². The summed E-state index contributed by atoms with van der Waals surface area (Å²) in [5.41, 5.74) is 2.77. The summed E-state index contributed by atoms with van der Waals surface area (Å²) < 4.78 is 34.6. The summed E-state index contributed by atoms with van der Waals surface area (Å²) >= 11 is 0. The number of nitrogens with zero attached hydrogens (tertiary/aromatic N) is 1. The van der Waals surface area contributed by atoms with Gasteiger partial charge < -0.3 is 10.1 Å². The molecule has 0 saturated heterocycles. The highest BCUT2D eigenvalue weighted by Crippen LogP contribution is 2.36. The third-order valence-corrected chi connectivity index (χ3v) is 5.15. The van der Waals surface area contributed by atoms with Gasteiger partial charge in [0, 0.05) is 19.2 Å². The Labute approximate surface area is 154 Å². The SMILES string of the molecule is CNCC1(C)C=C(OC(F)(F)c2ccccc2)N(CC2CCCCC2)N1. The van der Waals surface area contributed by atoms with Crippen molar-refractivity contribution in [1.82, 2.24) is 15.8 Å². The monoisotopic (exact) mass is 365 g/mol. The van der Waals surface area contributed by atoms with Gasteiger partial charge in [0.1, 0.15) is 0 Å². The van der Waals surface area contributed by atoms with Crippen LogP contribution in [-0.4, -0.2) is 30.7 Å². The fourth-order valence-electron chi connectivity index (χ4n) is 3.87.